The quantitative estimate of drug-likeness (QED) is 0.698. The number of rotatable bonds is 3. The average Bonchev–Trinajstić information content (AvgIpc) is 2.89. The van der Waals surface area contributed by atoms with Crippen LogP contribution in [0.25, 0.3) is 5.70 Å². The monoisotopic (exact) mass is 316 g/mol. The zero-order chi connectivity index (χ0) is 17.2. The number of fused-ring (bicyclic) bond motifs is 1. The predicted octanol–water partition coefficient (Wildman–Crippen LogP) is 2.91. The molecular weight excluding hydrogens is 300 g/mol. The summed E-state index contributed by atoms with van der Waals surface area (Å²) in [6.07, 6.45) is 2.88. The molecule has 3 rings (SSSR count). The number of hydrogen-bond acceptors (Lipinski definition) is 4. The van der Waals surface area contributed by atoms with Gasteiger partial charge in [0.15, 0.2) is 0 Å². The molecule has 0 saturated heterocycles. The maximum atomic E-state index is 11.5. The summed E-state index contributed by atoms with van der Waals surface area (Å²) in [6, 6.07) is 19.4. The van der Waals surface area contributed by atoms with Crippen LogP contribution in [0.2, 0.25) is 0 Å². The fourth-order valence-electron chi connectivity index (χ4n) is 3.16. The molecule has 0 bridgehead atoms. The highest BCUT2D eigenvalue weighted by molar-refractivity contribution is 5.88. The molecule has 0 fully saturated rings. The molecule has 0 radical (unpaired) electrons. The summed E-state index contributed by atoms with van der Waals surface area (Å²) in [5, 5.41) is 10.1. The van der Waals surface area contributed by atoms with Crippen LogP contribution < -0.4 is 5.73 Å². The molecule has 1 aliphatic rings. The predicted molar refractivity (Wildman–Crippen MR) is 91.5 cm³/mol. The summed E-state index contributed by atoms with van der Waals surface area (Å²) in [5.74, 6) is -0.494. The van der Waals surface area contributed by atoms with E-state index < -0.39 is 11.4 Å². The lowest BCUT2D eigenvalue weighted by molar-refractivity contribution is -0.134. The van der Waals surface area contributed by atoms with Crippen molar-refractivity contribution in [1.29, 1.82) is 5.26 Å². The summed E-state index contributed by atoms with van der Waals surface area (Å²) in [5.41, 5.74) is 8.81. The van der Waals surface area contributed by atoms with Crippen molar-refractivity contribution in [2.45, 2.75) is 5.41 Å². The van der Waals surface area contributed by atoms with E-state index in [2.05, 4.69) is 10.8 Å². The minimum absolute atomic E-state index is 0.494. The van der Waals surface area contributed by atoms with E-state index in [4.69, 9.17) is 5.73 Å². The number of allylic oxidation sites excluding steroid dienone is 2. The summed E-state index contributed by atoms with van der Waals surface area (Å²) in [7, 11) is 1.31. The minimum atomic E-state index is -1.05. The Bertz CT molecular complexity index is 891. The van der Waals surface area contributed by atoms with Crippen molar-refractivity contribution in [3.05, 3.63) is 89.0 Å². The van der Waals surface area contributed by atoms with Crippen LogP contribution in [0.15, 0.2) is 72.3 Å². The molecule has 0 heterocycles. The van der Waals surface area contributed by atoms with Crippen molar-refractivity contribution < 1.29 is 9.53 Å². The van der Waals surface area contributed by atoms with Crippen molar-refractivity contribution in [3.63, 3.8) is 0 Å². The Morgan fingerprint density at radius 1 is 1.17 bits per heavy atom. The number of carbonyl (C=O) groups excluding carboxylic acids is 1. The van der Waals surface area contributed by atoms with Gasteiger partial charge in [-0.15, -0.1) is 0 Å². The van der Waals surface area contributed by atoms with Gasteiger partial charge in [0.1, 0.15) is 5.41 Å². The molecule has 4 heteroatoms. The molecule has 0 spiro atoms. The number of esters is 1. The van der Waals surface area contributed by atoms with Gasteiger partial charge >= 0.3 is 5.97 Å². The van der Waals surface area contributed by atoms with Gasteiger partial charge in [-0.2, -0.15) is 5.26 Å². The fraction of sp³-hybridized carbons (Fsp3) is 0.100. The lowest BCUT2D eigenvalue weighted by Crippen LogP contribution is -2.26. The van der Waals surface area contributed by atoms with Gasteiger partial charge in [-0.05, 0) is 17.2 Å². The zero-order valence-corrected chi connectivity index (χ0v) is 13.2. The second-order valence-electron chi connectivity index (χ2n) is 5.46. The van der Waals surface area contributed by atoms with Gasteiger partial charge in [-0.1, -0.05) is 54.6 Å². The topological polar surface area (TPSA) is 76.1 Å². The van der Waals surface area contributed by atoms with Gasteiger partial charge in [0.05, 0.1) is 13.2 Å². The maximum Gasteiger partial charge on any atom is 0.330 e. The Balaban J connectivity index is 2.29. The molecule has 1 aliphatic carbocycles. The van der Waals surface area contributed by atoms with E-state index in [1.807, 2.05) is 54.6 Å². The molecule has 118 valence electrons. The maximum absolute atomic E-state index is 11.5. The molecule has 1 atom stereocenters. The molecule has 0 saturated carbocycles. The smallest absolute Gasteiger partial charge is 0.330 e. The second-order valence-corrected chi connectivity index (χ2v) is 5.46. The lowest BCUT2D eigenvalue weighted by atomic mass is 9.73. The molecule has 24 heavy (non-hydrogen) atoms. The molecule has 0 aromatic heterocycles. The molecule has 2 aromatic rings. The number of nitriles is 1. The summed E-state index contributed by atoms with van der Waals surface area (Å²) in [6.45, 7) is 0. The number of nitrogens with zero attached hydrogens (tertiary/aromatic N) is 1. The third kappa shape index (κ3) is 2.19. The van der Waals surface area contributed by atoms with Gasteiger partial charge < -0.3 is 10.5 Å². The van der Waals surface area contributed by atoms with Crippen LogP contribution in [0.1, 0.15) is 16.7 Å². The third-order valence-electron chi connectivity index (χ3n) is 4.28. The number of ether oxygens (including phenoxy) is 1. The van der Waals surface area contributed by atoms with Crippen molar-refractivity contribution >= 4 is 11.7 Å². The highest BCUT2D eigenvalue weighted by atomic mass is 16.5. The summed E-state index contributed by atoms with van der Waals surface area (Å²) < 4.78 is 4.66. The Morgan fingerprint density at radius 2 is 1.83 bits per heavy atom. The number of nitrogens with two attached hydrogens (primary N) is 1. The summed E-state index contributed by atoms with van der Waals surface area (Å²) in [4.78, 5) is 11.5. The Kier molecular flexibility index (Phi) is 3.93. The highest BCUT2D eigenvalue weighted by Gasteiger charge is 2.45. The van der Waals surface area contributed by atoms with E-state index in [-0.39, 0.29) is 0 Å². The van der Waals surface area contributed by atoms with E-state index in [1.54, 1.807) is 6.08 Å². The van der Waals surface area contributed by atoms with Crippen molar-refractivity contribution in [3.8, 4) is 6.07 Å². The standard InChI is InChI=1S/C20H16N2O2/c1-24-18(23)12-11-17-19(22)15-9-5-6-10-16(15)20(17,13-21)14-7-3-2-4-8-14/h2-12H,22H2,1H3/b12-11+/t20-/m0/s1. The van der Waals surface area contributed by atoms with Crippen LogP contribution in [0.5, 0.6) is 0 Å². The van der Waals surface area contributed by atoms with Gasteiger partial charge in [0, 0.05) is 22.9 Å². The molecule has 2 aromatic carbocycles. The Labute approximate surface area is 140 Å². The van der Waals surface area contributed by atoms with Crippen LogP contribution in [-0.2, 0) is 14.9 Å². The van der Waals surface area contributed by atoms with Crippen LogP contribution in [0, 0.1) is 11.3 Å². The van der Waals surface area contributed by atoms with Gasteiger partial charge in [0.25, 0.3) is 0 Å². The fourth-order valence-corrected chi connectivity index (χ4v) is 3.16. The van der Waals surface area contributed by atoms with Crippen molar-refractivity contribution in [2.75, 3.05) is 7.11 Å². The van der Waals surface area contributed by atoms with Gasteiger partial charge in [-0.25, -0.2) is 4.79 Å². The van der Waals surface area contributed by atoms with E-state index in [1.165, 1.54) is 13.2 Å². The van der Waals surface area contributed by atoms with E-state index >= 15 is 0 Å². The SMILES string of the molecule is COC(=O)/C=C/C1=C(N)c2ccccc2[C@]1(C#N)c1ccccc1. The van der Waals surface area contributed by atoms with Gasteiger partial charge in [0.2, 0.25) is 0 Å². The first-order valence-electron chi connectivity index (χ1n) is 7.48. The van der Waals surface area contributed by atoms with E-state index in [9.17, 15) is 10.1 Å². The van der Waals surface area contributed by atoms with Crippen molar-refractivity contribution in [2.24, 2.45) is 5.73 Å². The summed E-state index contributed by atoms with van der Waals surface area (Å²) >= 11 is 0. The second kappa shape index (κ2) is 6.05. The largest absolute Gasteiger partial charge is 0.466 e. The van der Waals surface area contributed by atoms with Crippen LogP contribution in [-0.4, -0.2) is 13.1 Å². The molecular formula is C20H16N2O2. The molecule has 4 nitrogen and oxygen atoms in total. The van der Waals surface area contributed by atoms with E-state index in [0.717, 1.165) is 16.7 Å². The first kappa shape index (κ1) is 15.6. The first-order chi connectivity index (χ1) is 11.6. The number of carbonyl (C=O) groups is 1. The lowest BCUT2D eigenvalue weighted by Gasteiger charge is -2.25. The van der Waals surface area contributed by atoms with E-state index in [0.29, 0.717) is 11.3 Å². The first-order valence-corrected chi connectivity index (χ1v) is 7.48. The van der Waals surface area contributed by atoms with Crippen LogP contribution in [0.3, 0.4) is 0 Å². The zero-order valence-electron chi connectivity index (χ0n) is 13.2. The normalized spacial score (nSPS) is 19.2. The third-order valence-corrected chi connectivity index (χ3v) is 4.28. The number of benzene rings is 2. The highest BCUT2D eigenvalue weighted by Crippen LogP contribution is 2.49. The molecule has 0 aliphatic heterocycles. The van der Waals surface area contributed by atoms with Gasteiger partial charge in [-0.3, -0.25) is 0 Å². The molecule has 0 unspecified atom stereocenters. The minimum Gasteiger partial charge on any atom is -0.466 e. The van der Waals surface area contributed by atoms with Crippen LogP contribution >= 0.6 is 0 Å². The van der Waals surface area contributed by atoms with Crippen LogP contribution in [0.4, 0.5) is 0 Å². The Morgan fingerprint density at radius 3 is 2.50 bits per heavy atom. The number of methoxy groups -OCH3 is 1. The van der Waals surface area contributed by atoms with Crippen molar-refractivity contribution in [1.82, 2.24) is 0 Å². The average molecular weight is 316 g/mol. The Hall–Kier alpha value is -3.32. The molecule has 2 N–H and O–H groups in total. The molecule has 0 amide bonds. The number of hydrogen-bond donors (Lipinski definition) is 1.